The lowest BCUT2D eigenvalue weighted by Crippen LogP contribution is -2.46. The van der Waals surface area contributed by atoms with Crippen LogP contribution in [0.2, 0.25) is 0 Å². The zero-order valence-corrected chi connectivity index (χ0v) is 11.8. The molecule has 0 saturated heterocycles. The molecule has 2 rings (SSSR count). The number of carbonyl (C=O) groups excluding carboxylic acids is 1. The summed E-state index contributed by atoms with van der Waals surface area (Å²) in [4.78, 5) is 12.1. The van der Waals surface area contributed by atoms with Crippen LogP contribution in [0.3, 0.4) is 0 Å². The molecule has 100 valence electrons. The zero-order chi connectivity index (χ0) is 11.9. The summed E-state index contributed by atoms with van der Waals surface area (Å²) in [6, 6.07) is 0.110. The number of halogens is 1. The molecule has 2 bridgehead atoms. The Hall–Kier alpha value is -0.280. The van der Waals surface area contributed by atoms with Gasteiger partial charge in [-0.3, -0.25) is 4.79 Å². The van der Waals surface area contributed by atoms with Gasteiger partial charge in [0.25, 0.3) is 0 Å². The standard InChI is InChI=1S/C13H24N2O.ClH/c1-13(2,3)7-15-12(16)10-8-4-5-9(6-8)11(10)14;/h8-11H,4-7,14H2,1-3H3,(H,15,16);1H/t8-,9+,10-,11+;/m0./s1. The van der Waals surface area contributed by atoms with Gasteiger partial charge in [0.1, 0.15) is 0 Å². The van der Waals surface area contributed by atoms with E-state index in [1.54, 1.807) is 0 Å². The van der Waals surface area contributed by atoms with Gasteiger partial charge in [-0.25, -0.2) is 0 Å². The quantitative estimate of drug-likeness (QED) is 0.797. The van der Waals surface area contributed by atoms with Crippen LogP contribution in [0.25, 0.3) is 0 Å². The molecule has 4 atom stereocenters. The Kier molecular flexibility index (Phi) is 4.48. The van der Waals surface area contributed by atoms with Gasteiger partial charge in [-0.15, -0.1) is 12.4 Å². The van der Waals surface area contributed by atoms with Crippen LogP contribution in [0.5, 0.6) is 0 Å². The lowest BCUT2D eigenvalue weighted by Gasteiger charge is -2.28. The van der Waals surface area contributed by atoms with Gasteiger partial charge in [0.05, 0.1) is 5.92 Å². The Labute approximate surface area is 110 Å². The molecule has 0 spiro atoms. The molecule has 0 radical (unpaired) electrons. The normalized spacial score (nSPS) is 35.5. The molecule has 0 heterocycles. The van der Waals surface area contributed by atoms with Crippen LogP contribution in [0, 0.1) is 23.2 Å². The highest BCUT2D eigenvalue weighted by molar-refractivity contribution is 5.85. The highest BCUT2D eigenvalue weighted by Crippen LogP contribution is 2.47. The minimum atomic E-state index is 0. The van der Waals surface area contributed by atoms with E-state index >= 15 is 0 Å². The molecule has 0 aromatic heterocycles. The van der Waals surface area contributed by atoms with Crippen molar-refractivity contribution in [2.24, 2.45) is 28.9 Å². The number of carbonyl (C=O) groups is 1. The molecule has 1 amide bonds. The second-order valence-corrected chi connectivity index (χ2v) is 6.71. The number of nitrogens with two attached hydrogens (primary N) is 1. The fourth-order valence-electron chi connectivity index (χ4n) is 3.19. The second kappa shape index (κ2) is 5.15. The summed E-state index contributed by atoms with van der Waals surface area (Å²) in [5, 5.41) is 3.06. The smallest absolute Gasteiger partial charge is 0.224 e. The number of hydrogen-bond donors (Lipinski definition) is 2. The number of rotatable bonds is 2. The van der Waals surface area contributed by atoms with E-state index in [2.05, 4.69) is 26.1 Å². The third-order valence-electron chi connectivity index (χ3n) is 4.08. The predicted octanol–water partition coefficient (Wildman–Crippen LogP) is 1.94. The van der Waals surface area contributed by atoms with E-state index in [-0.39, 0.29) is 35.7 Å². The molecular weight excluding hydrogens is 236 g/mol. The summed E-state index contributed by atoms with van der Waals surface area (Å²) in [6.07, 6.45) is 3.61. The van der Waals surface area contributed by atoms with Gasteiger partial charge in [0.15, 0.2) is 0 Å². The van der Waals surface area contributed by atoms with E-state index in [1.165, 1.54) is 19.3 Å². The van der Waals surface area contributed by atoms with E-state index in [1.807, 2.05) is 0 Å². The minimum absolute atomic E-state index is 0. The van der Waals surface area contributed by atoms with Crippen molar-refractivity contribution in [3.63, 3.8) is 0 Å². The minimum Gasteiger partial charge on any atom is -0.355 e. The maximum atomic E-state index is 12.1. The SMILES string of the molecule is CC(C)(C)CNC(=O)[C@H]1[C@H]2CC[C@H](C2)[C@H]1N.Cl. The molecule has 4 heteroatoms. The highest BCUT2D eigenvalue weighted by Gasteiger charge is 2.48. The van der Waals surface area contributed by atoms with Crippen LogP contribution >= 0.6 is 12.4 Å². The lowest BCUT2D eigenvalue weighted by molar-refractivity contribution is -0.127. The summed E-state index contributed by atoms with van der Waals surface area (Å²) in [5.41, 5.74) is 6.29. The van der Waals surface area contributed by atoms with E-state index in [0.717, 1.165) is 6.54 Å². The van der Waals surface area contributed by atoms with Gasteiger partial charge in [0, 0.05) is 12.6 Å². The average Bonchev–Trinajstić information content (AvgIpc) is 2.73. The van der Waals surface area contributed by atoms with Crippen molar-refractivity contribution in [1.82, 2.24) is 5.32 Å². The number of nitrogens with one attached hydrogen (secondary N) is 1. The first-order chi connectivity index (χ1) is 7.38. The van der Waals surface area contributed by atoms with Crippen molar-refractivity contribution in [3.05, 3.63) is 0 Å². The van der Waals surface area contributed by atoms with E-state index < -0.39 is 0 Å². The van der Waals surface area contributed by atoms with Gasteiger partial charge < -0.3 is 11.1 Å². The molecule has 2 saturated carbocycles. The first-order valence-electron chi connectivity index (χ1n) is 6.42. The molecule has 2 aliphatic rings. The summed E-state index contributed by atoms with van der Waals surface area (Å²) in [5.74, 6) is 1.44. The molecule has 0 unspecified atom stereocenters. The van der Waals surface area contributed by atoms with Crippen molar-refractivity contribution < 1.29 is 4.79 Å². The highest BCUT2D eigenvalue weighted by atomic mass is 35.5. The maximum Gasteiger partial charge on any atom is 0.224 e. The van der Waals surface area contributed by atoms with Crippen molar-refractivity contribution in [3.8, 4) is 0 Å². The van der Waals surface area contributed by atoms with Gasteiger partial charge in [-0.05, 0) is 36.5 Å². The average molecular weight is 261 g/mol. The van der Waals surface area contributed by atoms with Crippen LogP contribution in [-0.4, -0.2) is 18.5 Å². The molecule has 2 aliphatic carbocycles. The monoisotopic (exact) mass is 260 g/mol. The summed E-state index contributed by atoms with van der Waals surface area (Å²) >= 11 is 0. The molecule has 0 aliphatic heterocycles. The fourth-order valence-corrected chi connectivity index (χ4v) is 3.19. The Balaban J connectivity index is 0.00000144. The zero-order valence-electron chi connectivity index (χ0n) is 11.0. The van der Waals surface area contributed by atoms with Gasteiger partial charge in [-0.1, -0.05) is 20.8 Å². The van der Waals surface area contributed by atoms with E-state index in [4.69, 9.17) is 5.73 Å². The van der Waals surface area contributed by atoms with Crippen LogP contribution in [0.4, 0.5) is 0 Å². The van der Waals surface area contributed by atoms with Crippen LogP contribution in [0.15, 0.2) is 0 Å². The molecule has 17 heavy (non-hydrogen) atoms. The maximum absolute atomic E-state index is 12.1. The Morgan fingerprint density at radius 3 is 2.35 bits per heavy atom. The first kappa shape index (κ1) is 14.8. The molecule has 2 fully saturated rings. The van der Waals surface area contributed by atoms with Crippen LogP contribution < -0.4 is 11.1 Å². The van der Waals surface area contributed by atoms with Crippen molar-refractivity contribution in [2.75, 3.05) is 6.54 Å². The fraction of sp³-hybridized carbons (Fsp3) is 0.923. The van der Waals surface area contributed by atoms with Gasteiger partial charge in [0.2, 0.25) is 5.91 Å². The van der Waals surface area contributed by atoms with Crippen LogP contribution in [0.1, 0.15) is 40.0 Å². The van der Waals surface area contributed by atoms with Gasteiger partial charge >= 0.3 is 0 Å². The number of hydrogen-bond acceptors (Lipinski definition) is 2. The van der Waals surface area contributed by atoms with E-state index in [0.29, 0.717) is 11.8 Å². The number of fused-ring (bicyclic) bond motifs is 2. The lowest BCUT2D eigenvalue weighted by atomic mass is 9.84. The Morgan fingerprint density at radius 1 is 1.29 bits per heavy atom. The third-order valence-corrected chi connectivity index (χ3v) is 4.08. The van der Waals surface area contributed by atoms with Crippen molar-refractivity contribution in [2.45, 2.75) is 46.1 Å². The summed E-state index contributed by atoms with van der Waals surface area (Å²) in [7, 11) is 0. The molecule has 0 aromatic carbocycles. The predicted molar refractivity (Wildman–Crippen MR) is 72.0 cm³/mol. The summed E-state index contributed by atoms with van der Waals surface area (Å²) < 4.78 is 0. The molecule has 3 N–H and O–H groups in total. The van der Waals surface area contributed by atoms with Gasteiger partial charge in [-0.2, -0.15) is 0 Å². The van der Waals surface area contributed by atoms with E-state index in [9.17, 15) is 4.79 Å². The number of amides is 1. The summed E-state index contributed by atoms with van der Waals surface area (Å²) in [6.45, 7) is 7.14. The van der Waals surface area contributed by atoms with Crippen LogP contribution in [-0.2, 0) is 4.79 Å². The molecule has 3 nitrogen and oxygen atoms in total. The Morgan fingerprint density at radius 2 is 1.88 bits per heavy atom. The van der Waals surface area contributed by atoms with Crippen molar-refractivity contribution in [1.29, 1.82) is 0 Å². The molecule has 0 aromatic rings. The second-order valence-electron chi connectivity index (χ2n) is 6.71. The Bertz CT molecular complexity index is 286. The third kappa shape index (κ3) is 3.14. The largest absolute Gasteiger partial charge is 0.355 e. The topological polar surface area (TPSA) is 55.1 Å². The first-order valence-corrected chi connectivity index (χ1v) is 6.42. The molecular formula is C13H25ClN2O. The van der Waals surface area contributed by atoms with Crippen molar-refractivity contribution >= 4 is 18.3 Å².